The second-order valence-electron chi connectivity index (χ2n) is 4.46. The van der Waals surface area contributed by atoms with E-state index < -0.39 is 0 Å². The van der Waals surface area contributed by atoms with Gasteiger partial charge in [-0.15, -0.1) is 0 Å². The Hall–Kier alpha value is -1.76. The summed E-state index contributed by atoms with van der Waals surface area (Å²) in [7, 11) is 0. The van der Waals surface area contributed by atoms with Crippen molar-refractivity contribution in [3.05, 3.63) is 17.8 Å². The van der Waals surface area contributed by atoms with Gasteiger partial charge in [-0.05, 0) is 25.0 Å². The molecule has 82 valence electrons. The van der Waals surface area contributed by atoms with E-state index >= 15 is 0 Å². The third-order valence-electron chi connectivity index (χ3n) is 3.37. The lowest BCUT2D eigenvalue weighted by molar-refractivity contribution is 0.267. The van der Waals surface area contributed by atoms with Crippen LogP contribution in [0.3, 0.4) is 0 Å². The van der Waals surface area contributed by atoms with Crippen molar-refractivity contribution in [1.29, 1.82) is 5.26 Å². The van der Waals surface area contributed by atoms with Crippen molar-refractivity contribution in [1.82, 2.24) is 4.98 Å². The highest BCUT2D eigenvalue weighted by molar-refractivity contribution is 5.59. The van der Waals surface area contributed by atoms with Crippen molar-refractivity contribution in [2.45, 2.75) is 19.4 Å². The number of aromatic nitrogens is 1. The summed E-state index contributed by atoms with van der Waals surface area (Å²) in [5.74, 6) is 1.91. The molecule has 1 aromatic heterocycles. The number of fused-ring (bicyclic) bond motifs is 3. The molecule has 2 atom stereocenters. The molecule has 2 aliphatic rings. The second kappa shape index (κ2) is 3.38. The van der Waals surface area contributed by atoms with Crippen LogP contribution in [0.15, 0.2) is 12.3 Å². The molecule has 0 N–H and O–H groups in total. The Morgan fingerprint density at radius 2 is 2.50 bits per heavy atom. The maximum atomic E-state index is 8.98. The fraction of sp³-hybridized carbons (Fsp3) is 0.500. The standard InChI is InChI=1S/C12H13N3O/c1-8-2-3-14-12-11(8)16-7-10-4-9(5-13)6-15(10)12/h2-3,9-10H,4,6-7H2,1H3/t9-,10+/m1/s1. The fourth-order valence-electron chi connectivity index (χ4n) is 2.52. The molecule has 1 saturated heterocycles. The van der Waals surface area contributed by atoms with Crippen LogP contribution in [0.1, 0.15) is 12.0 Å². The first-order valence-corrected chi connectivity index (χ1v) is 5.54. The van der Waals surface area contributed by atoms with E-state index in [-0.39, 0.29) is 5.92 Å². The molecule has 3 heterocycles. The lowest BCUT2D eigenvalue weighted by Crippen LogP contribution is -2.39. The quantitative estimate of drug-likeness (QED) is 0.658. The van der Waals surface area contributed by atoms with Crippen molar-refractivity contribution in [2.75, 3.05) is 18.1 Å². The van der Waals surface area contributed by atoms with Crippen LogP contribution in [0.4, 0.5) is 5.82 Å². The van der Waals surface area contributed by atoms with E-state index in [1.165, 1.54) is 0 Å². The van der Waals surface area contributed by atoms with E-state index in [0.29, 0.717) is 12.6 Å². The molecule has 0 unspecified atom stereocenters. The van der Waals surface area contributed by atoms with Crippen LogP contribution < -0.4 is 9.64 Å². The van der Waals surface area contributed by atoms with Gasteiger partial charge in [0.2, 0.25) is 0 Å². The van der Waals surface area contributed by atoms with E-state index in [4.69, 9.17) is 10.00 Å². The molecule has 1 fully saturated rings. The molecule has 0 radical (unpaired) electrons. The van der Waals surface area contributed by atoms with Crippen molar-refractivity contribution in [3.63, 3.8) is 0 Å². The number of nitriles is 1. The third kappa shape index (κ3) is 1.25. The van der Waals surface area contributed by atoms with Gasteiger partial charge in [0.1, 0.15) is 6.61 Å². The average Bonchev–Trinajstić information content (AvgIpc) is 2.72. The Kier molecular flexibility index (Phi) is 2.00. The lowest BCUT2D eigenvalue weighted by atomic mass is 10.1. The summed E-state index contributed by atoms with van der Waals surface area (Å²) in [6.45, 7) is 3.49. The molecule has 0 spiro atoms. The van der Waals surface area contributed by atoms with Gasteiger partial charge in [-0.3, -0.25) is 0 Å². The summed E-state index contributed by atoms with van der Waals surface area (Å²) >= 11 is 0. The molecule has 16 heavy (non-hydrogen) atoms. The zero-order chi connectivity index (χ0) is 11.1. The van der Waals surface area contributed by atoms with Gasteiger partial charge < -0.3 is 9.64 Å². The molecule has 0 bridgehead atoms. The normalized spacial score (nSPS) is 26.6. The first-order chi connectivity index (χ1) is 7.79. The van der Waals surface area contributed by atoms with Crippen LogP contribution in [0.5, 0.6) is 5.75 Å². The maximum absolute atomic E-state index is 8.98. The number of rotatable bonds is 0. The SMILES string of the molecule is Cc1ccnc2c1OC[C@@H]1C[C@H](C#N)CN21. The molecule has 2 aliphatic heterocycles. The molecular formula is C12H13N3O. The van der Waals surface area contributed by atoms with Gasteiger partial charge in [0, 0.05) is 12.7 Å². The van der Waals surface area contributed by atoms with Crippen LogP contribution in [-0.2, 0) is 0 Å². The highest BCUT2D eigenvalue weighted by atomic mass is 16.5. The Morgan fingerprint density at radius 1 is 1.62 bits per heavy atom. The Morgan fingerprint density at radius 3 is 3.31 bits per heavy atom. The summed E-state index contributed by atoms with van der Waals surface area (Å²) < 4.78 is 5.75. The van der Waals surface area contributed by atoms with Gasteiger partial charge in [0.25, 0.3) is 0 Å². The monoisotopic (exact) mass is 215 g/mol. The van der Waals surface area contributed by atoms with Gasteiger partial charge in [-0.25, -0.2) is 4.98 Å². The first kappa shape index (κ1) is 9.46. The zero-order valence-electron chi connectivity index (χ0n) is 9.18. The largest absolute Gasteiger partial charge is 0.487 e. The van der Waals surface area contributed by atoms with Crippen molar-refractivity contribution >= 4 is 5.82 Å². The smallest absolute Gasteiger partial charge is 0.172 e. The van der Waals surface area contributed by atoms with Crippen LogP contribution in [-0.4, -0.2) is 24.2 Å². The number of pyridine rings is 1. The van der Waals surface area contributed by atoms with E-state index in [9.17, 15) is 0 Å². The van der Waals surface area contributed by atoms with Crippen LogP contribution in [0.2, 0.25) is 0 Å². The third-order valence-corrected chi connectivity index (χ3v) is 3.37. The fourth-order valence-corrected chi connectivity index (χ4v) is 2.52. The topological polar surface area (TPSA) is 49.1 Å². The number of nitrogens with zero attached hydrogens (tertiary/aromatic N) is 3. The number of hydrogen-bond donors (Lipinski definition) is 0. The summed E-state index contributed by atoms with van der Waals surface area (Å²) in [6.07, 6.45) is 2.70. The number of anilines is 1. The van der Waals surface area contributed by atoms with Crippen LogP contribution in [0.25, 0.3) is 0 Å². The molecule has 4 heteroatoms. The molecule has 0 aromatic carbocycles. The molecule has 3 rings (SSSR count). The minimum absolute atomic E-state index is 0.113. The van der Waals surface area contributed by atoms with E-state index in [1.807, 2.05) is 13.0 Å². The molecule has 0 aliphatic carbocycles. The van der Waals surface area contributed by atoms with Gasteiger partial charge >= 0.3 is 0 Å². The Bertz CT molecular complexity index is 466. The number of aryl methyl sites for hydroxylation is 1. The number of ether oxygens (including phenoxy) is 1. The van der Waals surface area contributed by atoms with Crippen LogP contribution in [0, 0.1) is 24.2 Å². The van der Waals surface area contributed by atoms with Gasteiger partial charge in [-0.1, -0.05) is 0 Å². The van der Waals surface area contributed by atoms with Gasteiger partial charge in [-0.2, -0.15) is 5.26 Å². The molecule has 1 aromatic rings. The van der Waals surface area contributed by atoms with Crippen LogP contribution >= 0.6 is 0 Å². The molecule has 0 amide bonds. The van der Waals surface area contributed by atoms with Gasteiger partial charge in [0.15, 0.2) is 11.6 Å². The average molecular weight is 215 g/mol. The van der Waals surface area contributed by atoms with E-state index in [2.05, 4.69) is 16.0 Å². The van der Waals surface area contributed by atoms with Gasteiger partial charge in [0.05, 0.1) is 18.0 Å². The maximum Gasteiger partial charge on any atom is 0.172 e. The summed E-state index contributed by atoms with van der Waals surface area (Å²) in [5.41, 5.74) is 1.11. The highest BCUT2D eigenvalue weighted by Gasteiger charge is 2.38. The van der Waals surface area contributed by atoms with Crippen molar-refractivity contribution < 1.29 is 4.74 Å². The zero-order valence-corrected chi connectivity index (χ0v) is 9.18. The Balaban J connectivity index is 2.01. The molecular weight excluding hydrogens is 202 g/mol. The lowest BCUT2D eigenvalue weighted by Gasteiger charge is -2.32. The number of hydrogen-bond acceptors (Lipinski definition) is 4. The Labute approximate surface area is 94.5 Å². The second-order valence-corrected chi connectivity index (χ2v) is 4.46. The summed E-state index contributed by atoms with van der Waals surface area (Å²) in [5, 5.41) is 8.98. The predicted octanol–water partition coefficient (Wildman–Crippen LogP) is 1.50. The minimum atomic E-state index is 0.113. The molecule has 0 saturated carbocycles. The van der Waals surface area contributed by atoms with Crippen molar-refractivity contribution in [2.24, 2.45) is 5.92 Å². The minimum Gasteiger partial charge on any atom is -0.487 e. The van der Waals surface area contributed by atoms with E-state index in [1.54, 1.807) is 6.20 Å². The first-order valence-electron chi connectivity index (χ1n) is 5.54. The summed E-state index contributed by atoms with van der Waals surface area (Å²) in [6, 6.07) is 4.62. The highest BCUT2D eigenvalue weighted by Crippen LogP contribution is 2.39. The predicted molar refractivity (Wildman–Crippen MR) is 59.3 cm³/mol. The van der Waals surface area contributed by atoms with E-state index in [0.717, 1.165) is 30.1 Å². The molecule has 4 nitrogen and oxygen atoms in total. The van der Waals surface area contributed by atoms with Crippen molar-refractivity contribution in [3.8, 4) is 11.8 Å². The summed E-state index contributed by atoms with van der Waals surface area (Å²) in [4.78, 5) is 6.60.